The van der Waals surface area contributed by atoms with Gasteiger partial charge in [-0.1, -0.05) is 0 Å². The SMILES string of the molecule is Cc1c(N)cc(C(=O)OCOCC2CC2)cc1F. The first-order valence-corrected chi connectivity index (χ1v) is 5.88. The summed E-state index contributed by atoms with van der Waals surface area (Å²) in [6.07, 6.45) is 2.35. The van der Waals surface area contributed by atoms with Gasteiger partial charge in [0.2, 0.25) is 0 Å². The third kappa shape index (κ3) is 3.20. The normalized spacial score (nSPS) is 14.6. The fourth-order valence-corrected chi connectivity index (χ4v) is 1.50. The van der Waals surface area contributed by atoms with Crippen molar-refractivity contribution < 1.29 is 18.7 Å². The Morgan fingerprint density at radius 1 is 1.50 bits per heavy atom. The molecule has 0 bridgehead atoms. The molecule has 1 saturated carbocycles. The molecule has 0 aromatic heterocycles. The number of carbonyl (C=O) groups is 1. The predicted octanol–water partition coefficient (Wildman–Crippen LogP) is 2.26. The van der Waals surface area contributed by atoms with Gasteiger partial charge in [0.15, 0.2) is 6.79 Å². The minimum absolute atomic E-state index is 0.102. The Kier molecular flexibility index (Phi) is 3.81. The molecule has 98 valence electrons. The van der Waals surface area contributed by atoms with Crippen molar-refractivity contribution in [2.24, 2.45) is 5.92 Å². The molecule has 18 heavy (non-hydrogen) atoms. The quantitative estimate of drug-likeness (QED) is 0.378. The lowest BCUT2D eigenvalue weighted by Gasteiger charge is -2.08. The second kappa shape index (κ2) is 5.35. The molecule has 0 unspecified atom stereocenters. The van der Waals surface area contributed by atoms with E-state index < -0.39 is 11.8 Å². The summed E-state index contributed by atoms with van der Waals surface area (Å²) in [5.74, 6) is -0.534. The molecule has 4 nitrogen and oxygen atoms in total. The molecule has 0 heterocycles. The second-order valence-corrected chi connectivity index (χ2v) is 4.54. The van der Waals surface area contributed by atoms with Gasteiger partial charge in [-0.15, -0.1) is 0 Å². The first kappa shape index (κ1) is 12.8. The summed E-state index contributed by atoms with van der Waals surface area (Å²) in [4.78, 5) is 11.6. The average molecular weight is 253 g/mol. The van der Waals surface area contributed by atoms with Crippen molar-refractivity contribution in [3.05, 3.63) is 29.1 Å². The summed E-state index contributed by atoms with van der Waals surface area (Å²) in [6.45, 7) is 2.06. The summed E-state index contributed by atoms with van der Waals surface area (Å²) in [5.41, 5.74) is 6.25. The van der Waals surface area contributed by atoms with E-state index in [1.807, 2.05) is 0 Å². The monoisotopic (exact) mass is 253 g/mol. The molecule has 1 fully saturated rings. The molecule has 0 spiro atoms. The number of carbonyl (C=O) groups excluding carboxylic acids is 1. The fraction of sp³-hybridized carbons (Fsp3) is 0.462. The van der Waals surface area contributed by atoms with Gasteiger partial charge in [0.1, 0.15) is 5.82 Å². The second-order valence-electron chi connectivity index (χ2n) is 4.54. The van der Waals surface area contributed by atoms with Crippen molar-refractivity contribution >= 4 is 11.7 Å². The van der Waals surface area contributed by atoms with Crippen molar-refractivity contribution in [1.29, 1.82) is 0 Å². The largest absolute Gasteiger partial charge is 0.435 e. The molecular weight excluding hydrogens is 237 g/mol. The van der Waals surface area contributed by atoms with Gasteiger partial charge in [0.05, 0.1) is 12.2 Å². The van der Waals surface area contributed by atoms with Crippen LogP contribution in [-0.2, 0) is 9.47 Å². The topological polar surface area (TPSA) is 61.6 Å². The number of hydrogen-bond donors (Lipinski definition) is 1. The van der Waals surface area contributed by atoms with E-state index >= 15 is 0 Å². The summed E-state index contributed by atoms with van der Waals surface area (Å²) >= 11 is 0. The summed E-state index contributed by atoms with van der Waals surface area (Å²) in [5, 5.41) is 0. The predicted molar refractivity (Wildman–Crippen MR) is 64.5 cm³/mol. The first-order valence-electron chi connectivity index (χ1n) is 5.88. The van der Waals surface area contributed by atoms with E-state index in [9.17, 15) is 9.18 Å². The summed E-state index contributed by atoms with van der Waals surface area (Å²) < 4.78 is 23.4. The minimum atomic E-state index is -0.628. The molecule has 1 aromatic carbocycles. The number of anilines is 1. The highest BCUT2D eigenvalue weighted by Gasteiger charge is 2.21. The zero-order valence-corrected chi connectivity index (χ0v) is 10.2. The van der Waals surface area contributed by atoms with E-state index in [4.69, 9.17) is 15.2 Å². The van der Waals surface area contributed by atoms with Crippen LogP contribution in [0.15, 0.2) is 12.1 Å². The molecule has 1 aliphatic carbocycles. The van der Waals surface area contributed by atoms with Crippen molar-refractivity contribution in [3.63, 3.8) is 0 Å². The van der Waals surface area contributed by atoms with Crippen molar-refractivity contribution in [3.8, 4) is 0 Å². The highest BCUT2D eigenvalue weighted by molar-refractivity contribution is 5.90. The van der Waals surface area contributed by atoms with Crippen LogP contribution in [-0.4, -0.2) is 19.4 Å². The first-order chi connectivity index (χ1) is 8.58. The molecule has 5 heteroatoms. The van der Waals surface area contributed by atoms with Crippen LogP contribution in [0, 0.1) is 18.7 Å². The molecule has 1 aliphatic rings. The highest BCUT2D eigenvalue weighted by Crippen LogP contribution is 2.28. The van der Waals surface area contributed by atoms with Gasteiger partial charge in [-0.05, 0) is 37.8 Å². The van der Waals surface area contributed by atoms with E-state index in [1.54, 1.807) is 6.92 Å². The molecule has 0 amide bonds. The Bertz CT molecular complexity index is 435. The molecule has 0 atom stereocenters. The molecular formula is C13H16FNO3. The maximum absolute atomic E-state index is 13.4. The third-order valence-corrected chi connectivity index (χ3v) is 2.94. The van der Waals surface area contributed by atoms with Crippen LogP contribution in [0.1, 0.15) is 28.8 Å². The van der Waals surface area contributed by atoms with Crippen LogP contribution in [0.2, 0.25) is 0 Å². The van der Waals surface area contributed by atoms with Crippen LogP contribution in [0.25, 0.3) is 0 Å². The summed E-state index contributed by atoms with van der Waals surface area (Å²) in [6, 6.07) is 2.52. The fourth-order valence-electron chi connectivity index (χ4n) is 1.50. The van der Waals surface area contributed by atoms with Crippen molar-refractivity contribution in [2.75, 3.05) is 19.1 Å². The van der Waals surface area contributed by atoms with Crippen LogP contribution >= 0.6 is 0 Å². The number of hydrogen-bond acceptors (Lipinski definition) is 4. The number of nitrogen functional groups attached to an aromatic ring is 1. The number of esters is 1. The summed E-state index contributed by atoms with van der Waals surface area (Å²) in [7, 11) is 0. The lowest BCUT2D eigenvalue weighted by atomic mass is 10.1. The van der Waals surface area contributed by atoms with Gasteiger partial charge in [0, 0.05) is 11.3 Å². The van der Waals surface area contributed by atoms with Crippen molar-refractivity contribution in [2.45, 2.75) is 19.8 Å². The van der Waals surface area contributed by atoms with E-state index in [0.717, 1.165) is 6.07 Å². The van der Waals surface area contributed by atoms with Crippen LogP contribution in [0.4, 0.5) is 10.1 Å². The number of benzene rings is 1. The maximum atomic E-state index is 13.4. The Morgan fingerprint density at radius 3 is 2.83 bits per heavy atom. The zero-order valence-electron chi connectivity index (χ0n) is 10.2. The smallest absolute Gasteiger partial charge is 0.340 e. The van der Waals surface area contributed by atoms with E-state index in [0.29, 0.717) is 18.1 Å². The van der Waals surface area contributed by atoms with Gasteiger partial charge in [0.25, 0.3) is 0 Å². The Morgan fingerprint density at radius 2 is 2.22 bits per heavy atom. The van der Waals surface area contributed by atoms with Gasteiger partial charge in [-0.25, -0.2) is 9.18 Å². The third-order valence-electron chi connectivity index (χ3n) is 2.94. The molecule has 2 N–H and O–H groups in total. The van der Waals surface area contributed by atoms with E-state index in [-0.39, 0.29) is 18.0 Å². The molecule has 0 radical (unpaired) electrons. The van der Waals surface area contributed by atoms with Crippen molar-refractivity contribution in [1.82, 2.24) is 0 Å². The molecule has 1 aromatic rings. The van der Waals surface area contributed by atoms with E-state index in [1.165, 1.54) is 18.9 Å². The lowest BCUT2D eigenvalue weighted by molar-refractivity contribution is -0.0345. The van der Waals surface area contributed by atoms with Crippen LogP contribution in [0.3, 0.4) is 0 Å². The number of rotatable bonds is 5. The van der Waals surface area contributed by atoms with E-state index in [2.05, 4.69) is 0 Å². The maximum Gasteiger partial charge on any atom is 0.340 e. The Hall–Kier alpha value is -1.62. The molecule has 0 aliphatic heterocycles. The number of halogens is 1. The lowest BCUT2D eigenvalue weighted by Crippen LogP contribution is -2.11. The van der Waals surface area contributed by atoms with Gasteiger partial charge in [-0.2, -0.15) is 0 Å². The van der Waals surface area contributed by atoms with Crippen LogP contribution in [0.5, 0.6) is 0 Å². The van der Waals surface area contributed by atoms with Crippen LogP contribution < -0.4 is 5.73 Å². The average Bonchev–Trinajstić information content (AvgIpc) is 3.14. The molecule has 2 rings (SSSR count). The number of nitrogens with two attached hydrogens (primary N) is 1. The minimum Gasteiger partial charge on any atom is -0.435 e. The van der Waals surface area contributed by atoms with Gasteiger partial charge in [-0.3, -0.25) is 0 Å². The Balaban J connectivity index is 1.87. The van der Waals surface area contributed by atoms with Gasteiger partial charge >= 0.3 is 5.97 Å². The van der Waals surface area contributed by atoms with Gasteiger partial charge < -0.3 is 15.2 Å². The molecule has 0 saturated heterocycles. The highest BCUT2D eigenvalue weighted by atomic mass is 19.1. The zero-order chi connectivity index (χ0) is 13.1. The number of ether oxygens (including phenoxy) is 2. The Labute approximate surface area is 105 Å². The standard InChI is InChI=1S/C13H16FNO3/c1-8-11(14)4-10(5-12(8)15)13(16)18-7-17-6-9-2-3-9/h4-5,9H,2-3,6-7,15H2,1H3.